The van der Waals surface area contributed by atoms with E-state index in [9.17, 15) is 4.79 Å². The highest BCUT2D eigenvalue weighted by atomic mass is 16.5. The number of hydrogen-bond acceptors (Lipinski definition) is 4. The summed E-state index contributed by atoms with van der Waals surface area (Å²) in [5.41, 5.74) is 2.29. The van der Waals surface area contributed by atoms with Crippen LogP contribution in [0.15, 0.2) is 47.1 Å². The highest BCUT2D eigenvalue weighted by Gasteiger charge is 2.49. The molecule has 1 aromatic heterocycles. The Morgan fingerprint density at radius 1 is 1.21 bits per heavy atom. The zero-order valence-corrected chi connectivity index (χ0v) is 14.1. The minimum Gasteiger partial charge on any atom is -0.469 e. The predicted octanol–water partition coefficient (Wildman–Crippen LogP) is 3.69. The van der Waals surface area contributed by atoms with Gasteiger partial charge in [-0.15, -0.1) is 0 Å². The Hall–Kier alpha value is -2.07. The summed E-state index contributed by atoms with van der Waals surface area (Å²) < 4.78 is 10.6. The number of benzene rings is 1. The molecular weight excluding hydrogens is 302 g/mol. The maximum absolute atomic E-state index is 12.5. The second kappa shape index (κ2) is 6.10. The largest absolute Gasteiger partial charge is 0.469 e. The summed E-state index contributed by atoms with van der Waals surface area (Å²) in [7, 11) is 3.65. The summed E-state index contributed by atoms with van der Waals surface area (Å²) in [5, 5.41) is 0. The molecule has 2 saturated heterocycles. The van der Waals surface area contributed by atoms with Crippen LogP contribution >= 0.6 is 0 Å². The Morgan fingerprint density at radius 3 is 2.67 bits per heavy atom. The molecule has 0 aliphatic carbocycles. The molecule has 2 aliphatic heterocycles. The van der Waals surface area contributed by atoms with Gasteiger partial charge in [-0.25, -0.2) is 0 Å². The number of carbonyl (C=O) groups is 1. The molecule has 4 rings (SSSR count). The number of methoxy groups -OCH3 is 1. The van der Waals surface area contributed by atoms with Crippen LogP contribution < -0.4 is 0 Å². The SMILES string of the molecule is COC(=O)C1C(c2ccc(-c3ccco3)cc2)CC2CCC1N2C. The molecule has 4 heteroatoms. The van der Waals surface area contributed by atoms with E-state index in [0.717, 1.165) is 24.2 Å². The fourth-order valence-electron chi connectivity index (χ4n) is 4.60. The molecular formula is C20H23NO3. The van der Waals surface area contributed by atoms with Gasteiger partial charge >= 0.3 is 5.97 Å². The van der Waals surface area contributed by atoms with Crippen LogP contribution in [0.4, 0.5) is 0 Å². The average Bonchev–Trinajstić information content (AvgIpc) is 3.21. The van der Waals surface area contributed by atoms with E-state index >= 15 is 0 Å². The van der Waals surface area contributed by atoms with E-state index in [1.54, 1.807) is 6.26 Å². The van der Waals surface area contributed by atoms with Crippen molar-refractivity contribution in [2.24, 2.45) is 5.92 Å². The summed E-state index contributed by atoms with van der Waals surface area (Å²) in [5.74, 6) is 0.951. The quantitative estimate of drug-likeness (QED) is 0.807. The fourth-order valence-corrected chi connectivity index (χ4v) is 4.60. The first-order chi connectivity index (χ1) is 11.7. The number of nitrogens with zero attached hydrogens (tertiary/aromatic N) is 1. The topological polar surface area (TPSA) is 42.7 Å². The molecule has 24 heavy (non-hydrogen) atoms. The van der Waals surface area contributed by atoms with Crippen molar-refractivity contribution >= 4 is 5.97 Å². The minimum absolute atomic E-state index is 0.0757. The Labute approximate surface area is 142 Å². The van der Waals surface area contributed by atoms with E-state index in [1.165, 1.54) is 19.1 Å². The van der Waals surface area contributed by atoms with E-state index in [2.05, 4.69) is 36.2 Å². The molecule has 0 spiro atoms. The van der Waals surface area contributed by atoms with Crippen molar-refractivity contribution < 1.29 is 13.9 Å². The predicted molar refractivity (Wildman–Crippen MR) is 91.6 cm³/mol. The van der Waals surface area contributed by atoms with Crippen LogP contribution in [0, 0.1) is 5.92 Å². The summed E-state index contributed by atoms with van der Waals surface area (Å²) in [4.78, 5) is 14.9. The molecule has 3 heterocycles. The van der Waals surface area contributed by atoms with E-state index in [0.29, 0.717) is 12.1 Å². The Morgan fingerprint density at radius 2 is 2.00 bits per heavy atom. The molecule has 0 N–H and O–H groups in total. The van der Waals surface area contributed by atoms with Crippen molar-refractivity contribution in [1.29, 1.82) is 0 Å². The van der Waals surface area contributed by atoms with Crippen molar-refractivity contribution in [3.8, 4) is 11.3 Å². The monoisotopic (exact) mass is 325 g/mol. The number of furan rings is 1. The van der Waals surface area contributed by atoms with Crippen LogP contribution in [0.25, 0.3) is 11.3 Å². The minimum atomic E-state index is -0.0766. The highest BCUT2D eigenvalue weighted by molar-refractivity contribution is 5.75. The first-order valence-corrected chi connectivity index (χ1v) is 8.62. The average molecular weight is 325 g/mol. The maximum atomic E-state index is 12.5. The third kappa shape index (κ3) is 2.46. The molecule has 0 saturated carbocycles. The summed E-state index contributed by atoms with van der Waals surface area (Å²) in [6, 6.07) is 13.2. The van der Waals surface area contributed by atoms with Gasteiger partial charge in [0, 0.05) is 23.6 Å². The van der Waals surface area contributed by atoms with Crippen molar-refractivity contribution in [2.75, 3.05) is 14.2 Å². The van der Waals surface area contributed by atoms with Crippen LogP contribution in [-0.4, -0.2) is 37.1 Å². The van der Waals surface area contributed by atoms with Crippen molar-refractivity contribution in [3.63, 3.8) is 0 Å². The lowest BCUT2D eigenvalue weighted by Crippen LogP contribution is -2.49. The zero-order valence-electron chi connectivity index (χ0n) is 14.1. The number of piperidine rings is 1. The summed E-state index contributed by atoms with van der Waals surface area (Å²) in [6.07, 6.45) is 4.97. The highest BCUT2D eigenvalue weighted by Crippen LogP contribution is 2.46. The van der Waals surface area contributed by atoms with E-state index < -0.39 is 0 Å². The van der Waals surface area contributed by atoms with Crippen LogP contribution in [0.2, 0.25) is 0 Å². The first-order valence-electron chi connectivity index (χ1n) is 8.62. The second-order valence-electron chi connectivity index (χ2n) is 6.95. The molecule has 4 nitrogen and oxygen atoms in total. The van der Waals surface area contributed by atoms with Gasteiger partial charge in [0.1, 0.15) is 5.76 Å². The lowest BCUT2D eigenvalue weighted by Gasteiger charge is -2.41. The Balaban J connectivity index is 1.65. The number of ether oxygens (including phenoxy) is 1. The van der Waals surface area contributed by atoms with E-state index in [1.807, 2.05) is 12.1 Å². The first kappa shape index (κ1) is 15.5. The molecule has 0 radical (unpaired) electrons. The normalized spacial score (nSPS) is 29.6. The third-order valence-electron chi connectivity index (χ3n) is 5.89. The van der Waals surface area contributed by atoms with Crippen LogP contribution in [0.1, 0.15) is 30.7 Å². The summed E-state index contributed by atoms with van der Waals surface area (Å²) >= 11 is 0. The van der Waals surface area contributed by atoms with Gasteiger partial charge in [-0.3, -0.25) is 9.69 Å². The molecule has 2 aliphatic rings. The molecule has 1 aromatic carbocycles. The summed E-state index contributed by atoms with van der Waals surface area (Å²) in [6.45, 7) is 0. The number of hydrogen-bond donors (Lipinski definition) is 0. The van der Waals surface area contributed by atoms with Crippen LogP contribution in [0.3, 0.4) is 0 Å². The van der Waals surface area contributed by atoms with Crippen molar-refractivity contribution in [1.82, 2.24) is 4.90 Å². The maximum Gasteiger partial charge on any atom is 0.310 e. The number of carbonyl (C=O) groups excluding carboxylic acids is 1. The standard InChI is InChI=1S/C20H23NO3/c1-21-15-9-10-17(21)19(20(22)23-2)16(12-15)13-5-7-14(8-6-13)18-4-3-11-24-18/h3-8,11,15-17,19H,9-10,12H2,1-2H3. The Kier molecular flexibility index (Phi) is 3.93. The number of rotatable bonds is 3. The Bertz CT molecular complexity index is 707. The molecule has 2 bridgehead atoms. The lowest BCUT2D eigenvalue weighted by atomic mass is 9.76. The van der Waals surface area contributed by atoms with Crippen LogP contribution in [-0.2, 0) is 9.53 Å². The van der Waals surface area contributed by atoms with Crippen molar-refractivity contribution in [3.05, 3.63) is 48.2 Å². The van der Waals surface area contributed by atoms with Gasteiger partial charge in [-0.05, 0) is 44.0 Å². The number of esters is 1. The van der Waals surface area contributed by atoms with Crippen LogP contribution in [0.5, 0.6) is 0 Å². The van der Waals surface area contributed by atoms with Crippen molar-refractivity contribution in [2.45, 2.75) is 37.3 Å². The van der Waals surface area contributed by atoms with Gasteiger partial charge in [-0.2, -0.15) is 0 Å². The molecule has 2 aromatic rings. The van der Waals surface area contributed by atoms with E-state index in [4.69, 9.17) is 9.15 Å². The van der Waals surface area contributed by atoms with Gasteiger partial charge in [0.25, 0.3) is 0 Å². The number of fused-ring (bicyclic) bond motifs is 2. The molecule has 0 amide bonds. The molecule has 2 fully saturated rings. The van der Waals surface area contributed by atoms with Gasteiger partial charge < -0.3 is 9.15 Å². The third-order valence-corrected chi connectivity index (χ3v) is 5.89. The molecule has 4 atom stereocenters. The molecule has 126 valence electrons. The van der Waals surface area contributed by atoms with Gasteiger partial charge in [0.15, 0.2) is 0 Å². The fraction of sp³-hybridized carbons (Fsp3) is 0.450. The zero-order chi connectivity index (χ0) is 16.7. The second-order valence-corrected chi connectivity index (χ2v) is 6.95. The molecule has 4 unspecified atom stereocenters. The smallest absolute Gasteiger partial charge is 0.310 e. The van der Waals surface area contributed by atoms with Gasteiger partial charge in [-0.1, -0.05) is 24.3 Å². The van der Waals surface area contributed by atoms with Gasteiger partial charge in [0.05, 0.1) is 19.3 Å². The van der Waals surface area contributed by atoms with E-state index in [-0.39, 0.29) is 17.8 Å². The van der Waals surface area contributed by atoms with Gasteiger partial charge in [0.2, 0.25) is 0 Å². The lowest BCUT2D eigenvalue weighted by molar-refractivity contribution is -0.150.